The second-order valence-corrected chi connectivity index (χ2v) is 7.81. The van der Waals surface area contributed by atoms with Crippen molar-refractivity contribution in [2.24, 2.45) is 5.92 Å². The third-order valence-electron chi connectivity index (χ3n) is 3.25. The molecule has 4 nitrogen and oxygen atoms in total. The summed E-state index contributed by atoms with van der Waals surface area (Å²) in [5.74, 6) is 0.461. The number of nitrogens with zero attached hydrogens (tertiary/aromatic N) is 1. The van der Waals surface area contributed by atoms with E-state index in [-0.39, 0.29) is 14.9 Å². The summed E-state index contributed by atoms with van der Waals surface area (Å²) in [7, 11) is -3.68. The van der Waals surface area contributed by atoms with Crippen molar-refractivity contribution in [2.45, 2.75) is 31.1 Å². The molecule has 1 aromatic rings. The normalized spacial score (nSPS) is 15.8. The molecule has 20 heavy (non-hydrogen) atoms. The largest absolute Gasteiger partial charge is 0.399 e. The fourth-order valence-electron chi connectivity index (χ4n) is 2.10. The van der Waals surface area contributed by atoms with Gasteiger partial charge in [0.1, 0.15) is 4.90 Å². The predicted octanol–water partition coefficient (Wildman–Crippen LogP) is 3.39. The molecular weight excluding hydrogens is 319 g/mol. The van der Waals surface area contributed by atoms with Crippen LogP contribution in [-0.2, 0) is 10.0 Å². The maximum atomic E-state index is 12.8. The molecule has 1 fully saturated rings. The first-order chi connectivity index (χ1) is 9.36. The molecule has 7 heteroatoms. The zero-order chi connectivity index (χ0) is 14.9. The maximum Gasteiger partial charge on any atom is 0.246 e. The van der Waals surface area contributed by atoms with E-state index in [0.29, 0.717) is 24.7 Å². The average Bonchev–Trinajstić information content (AvgIpc) is 3.10. The first-order valence-corrected chi connectivity index (χ1v) is 8.80. The molecule has 1 aliphatic carbocycles. The van der Waals surface area contributed by atoms with Crippen LogP contribution in [0.2, 0.25) is 10.0 Å². The molecule has 0 amide bonds. The number of benzene rings is 1. The van der Waals surface area contributed by atoms with E-state index < -0.39 is 10.0 Å². The molecule has 0 heterocycles. The van der Waals surface area contributed by atoms with Gasteiger partial charge in [0, 0.05) is 18.8 Å². The van der Waals surface area contributed by atoms with Crippen molar-refractivity contribution in [1.82, 2.24) is 4.31 Å². The maximum absolute atomic E-state index is 12.8. The van der Waals surface area contributed by atoms with E-state index in [0.717, 1.165) is 19.3 Å². The number of nitrogen functional groups attached to an aromatic ring is 1. The lowest BCUT2D eigenvalue weighted by Gasteiger charge is -2.23. The molecule has 2 rings (SSSR count). The van der Waals surface area contributed by atoms with Crippen LogP contribution in [0.4, 0.5) is 5.69 Å². The van der Waals surface area contributed by atoms with Crippen LogP contribution < -0.4 is 5.73 Å². The molecule has 0 unspecified atom stereocenters. The van der Waals surface area contributed by atoms with Gasteiger partial charge in [-0.15, -0.1) is 0 Å². The van der Waals surface area contributed by atoms with Gasteiger partial charge in [0.05, 0.1) is 10.0 Å². The molecular formula is C13H18Cl2N2O2S. The molecule has 1 aromatic carbocycles. The predicted molar refractivity (Wildman–Crippen MR) is 82.6 cm³/mol. The van der Waals surface area contributed by atoms with Gasteiger partial charge in [-0.1, -0.05) is 30.1 Å². The van der Waals surface area contributed by atoms with Gasteiger partial charge >= 0.3 is 0 Å². The Morgan fingerprint density at radius 3 is 2.30 bits per heavy atom. The number of rotatable bonds is 6. The zero-order valence-electron chi connectivity index (χ0n) is 11.3. The smallest absolute Gasteiger partial charge is 0.246 e. The van der Waals surface area contributed by atoms with E-state index in [1.54, 1.807) is 0 Å². The Morgan fingerprint density at radius 1 is 1.30 bits per heavy atom. The first kappa shape index (κ1) is 15.9. The molecule has 0 aliphatic heterocycles. The van der Waals surface area contributed by atoms with Gasteiger partial charge in [0.25, 0.3) is 0 Å². The number of anilines is 1. The molecule has 0 atom stereocenters. The van der Waals surface area contributed by atoms with E-state index >= 15 is 0 Å². The first-order valence-electron chi connectivity index (χ1n) is 6.61. The third-order valence-corrected chi connectivity index (χ3v) is 6.04. The van der Waals surface area contributed by atoms with E-state index in [9.17, 15) is 8.42 Å². The van der Waals surface area contributed by atoms with Gasteiger partial charge in [-0.3, -0.25) is 0 Å². The molecule has 2 N–H and O–H groups in total. The Morgan fingerprint density at radius 2 is 1.85 bits per heavy atom. The molecule has 0 saturated heterocycles. The van der Waals surface area contributed by atoms with Crippen LogP contribution >= 0.6 is 23.2 Å². The lowest BCUT2D eigenvalue weighted by Crippen LogP contribution is -2.34. The molecule has 0 radical (unpaired) electrons. The number of hydrogen-bond donors (Lipinski definition) is 1. The highest BCUT2D eigenvalue weighted by Crippen LogP contribution is 2.36. The molecule has 112 valence electrons. The van der Waals surface area contributed by atoms with Crippen LogP contribution in [0.15, 0.2) is 17.0 Å². The third kappa shape index (κ3) is 3.39. The molecule has 0 spiro atoms. The van der Waals surface area contributed by atoms with Crippen LogP contribution in [-0.4, -0.2) is 25.8 Å². The lowest BCUT2D eigenvalue weighted by molar-refractivity contribution is 0.396. The SMILES string of the molecule is CCCN(CC1CC1)S(=O)(=O)c1c(Cl)cc(N)cc1Cl. The van der Waals surface area contributed by atoms with Crippen molar-refractivity contribution in [1.29, 1.82) is 0 Å². The van der Waals surface area contributed by atoms with Gasteiger partial charge < -0.3 is 5.73 Å². The standard InChI is InChI=1S/C13H18Cl2N2O2S/c1-2-5-17(8-9-3-4-9)20(18,19)13-11(14)6-10(16)7-12(13)15/h6-7,9H,2-5,8,16H2,1H3. The Labute approximate surface area is 129 Å². The summed E-state index contributed by atoms with van der Waals surface area (Å²) in [5.41, 5.74) is 5.97. The average molecular weight is 337 g/mol. The Kier molecular flexibility index (Phi) is 4.84. The highest BCUT2D eigenvalue weighted by Gasteiger charge is 2.33. The molecule has 1 aliphatic rings. The van der Waals surface area contributed by atoms with Crippen LogP contribution in [0.3, 0.4) is 0 Å². The molecule has 1 saturated carbocycles. The summed E-state index contributed by atoms with van der Waals surface area (Å²) in [5, 5.41) is 0.152. The van der Waals surface area contributed by atoms with Crippen molar-refractivity contribution in [3.63, 3.8) is 0 Å². The number of nitrogens with two attached hydrogens (primary N) is 1. The van der Waals surface area contributed by atoms with Crippen molar-refractivity contribution in [3.8, 4) is 0 Å². The quantitative estimate of drug-likeness (QED) is 0.810. The van der Waals surface area contributed by atoms with Crippen molar-refractivity contribution >= 4 is 38.9 Å². The van der Waals surface area contributed by atoms with Crippen LogP contribution in [0.1, 0.15) is 26.2 Å². The van der Waals surface area contributed by atoms with Gasteiger partial charge in [-0.2, -0.15) is 4.31 Å². The van der Waals surface area contributed by atoms with Gasteiger partial charge in [-0.25, -0.2) is 8.42 Å². The summed E-state index contributed by atoms with van der Waals surface area (Å²) in [6, 6.07) is 2.84. The van der Waals surface area contributed by atoms with Gasteiger partial charge in [-0.05, 0) is 37.3 Å². The van der Waals surface area contributed by atoms with Crippen LogP contribution in [0.25, 0.3) is 0 Å². The fraction of sp³-hybridized carbons (Fsp3) is 0.538. The minimum atomic E-state index is -3.68. The highest BCUT2D eigenvalue weighted by atomic mass is 35.5. The summed E-state index contributed by atoms with van der Waals surface area (Å²) in [6.45, 7) is 2.95. The van der Waals surface area contributed by atoms with E-state index in [2.05, 4.69) is 0 Å². The number of sulfonamides is 1. The van der Waals surface area contributed by atoms with E-state index in [1.165, 1.54) is 16.4 Å². The Bertz CT molecular complexity index is 577. The van der Waals surface area contributed by atoms with Crippen molar-refractivity contribution < 1.29 is 8.42 Å². The summed E-state index contributed by atoms with van der Waals surface area (Å²) >= 11 is 12.1. The summed E-state index contributed by atoms with van der Waals surface area (Å²) in [6.07, 6.45) is 2.91. The Balaban J connectivity index is 2.41. The summed E-state index contributed by atoms with van der Waals surface area (Å²) in [4.78, 5) is -0.0378. The van der Waals surface area contributed by atoms with E-state index in [1.807, 2.05) is 6.92 Å². The fourth-order valence-corrected chi connectivity index (χ4v) is 4.89. The van der Waals surface area contributed by atoms with Crippen LogP contribution in [0, 0.1) is 5.92 Å². The minimum absolute atomic E-state index is 0.0378. The Hall–Kier alpha value is -0.490. The second-order valence-electron chi connectivity index (χ2n) is 5.12. The van der Waals surface area contributed by atoms with Gasteiger partial charge in [0.15, 0.2) is 0 Å². The monoisotopic (exact) mass is 336 g/mol. The zero-order valence-corrected chi connectivity index (χ0v) is 13.6. The second kappa shape index (κ2) is 6.10. The molecule has 0 aromatic heterocycles. The minimum Gasteiger partial charge on any atom is -0.399 e. The summed E-state index contributed by atoms with van der Waals surface area (Å²) < 4.78 is 27.0. The topological polar surface area (TPSA) is 63.4 Å². The van der Waals surface area contributed by atoms with Gasteiger partial charge in [0.2, 0.25) is 10.0 Å². The number of hydrogen-bond acceptors (Lipinski definition) is 3. The number of halogens is 2. The van der Waals surface area contributed by atoms with Crippen LogP contribution in [0.5, 0.6) is 0 Å². The lowest BCUT2D eigenvalue weighted by atomic mass is 10.3. The van der Waals surface area contributed by atoms with Crippen molar-refractivity contribution in [3.05, 3.63) is 22.2 Å². The van der Waals surface area contributed by atoms with E-state index in [4.69, 9.17) is 28.9 Å². The highest BCUT2D eigenvalue weighted by molar-refractivity contribution is 7.89. The van der Waals surface area contributed by atoms with Crippen molar-refractivity contribution in [2.75, 3.05) is 18.8 Å². The molecule has 0 bridgehead atoms.